The molecule has 0 amide bonds. The summed E-state index contributed by atoms with van der Waals surface area (Å²) in [6, 6.07) is 70.7. The summed E-state index contributed by atoms with van der Waals surface area (Å²) in [5, 5.41) is 7.56. The van der Waals surface area contributed by atoms with Crippen molar-refractivity contribution in [3.63, 3.8) is 0 Å². The van der Waals surface area contributed by atoms with Gasteiger partial charge in [-0.05, 0) is 94.0 Å². The van der Waals surface area contributed by atoms with Gasteiger partial charge in [0.25, 0.3) is 0 Å². The van der Waals surface area contributed by atoms with Gasteiger partial charge in [-0.3, -0.25) is 0 Å². The lowest BCUT2D eigenvalue weighted by atomic mass is 9.81. The van der Waals surface area contributed by atoms with Crippen LogP contribution in [0.4, 0.5) is 0 Å². The molecule has 0 radical (unpaired) electrons. The molecule has 0 heterocycles. The molecule has 0 aliphatic heterocycles. The molecule has 0 aliphatic carbocycles. The molecule has 224 valence electrons. The van der Waals surface area contributed by atoms with Crippen LogP contribution in [0.15, 0.2) is 194 Å². The maximum Gasteiger partial charge on any atom is -0.00199 e. The molecule has 0 unspecified atom stereocenters. The zero-order valence-corrected chi connectivity index (χ0v) is 26.5. The summed E-state index contributed by atoms with van der Waals surface area (Å²) < 4.78 is 0. The Kier molecular flexibility index (Phi) is 6.91. The number of rotatable bonds is 5. The summed E-state index contributed by atoms with van der Waals surface area (Å²) in [7, 11) is 0. The van der Waals surface area contributed by atoms with E-state index in [2.05, 4.69) is 194 Å². The van der Waals surface area contributed by atoms with Crippen LogP contribution in [0.5, 0.6) is 0 Å². The van der Waals surface area contributed by atoms with Gasteiger partial charge < -0.3 is 0 Å². The van der Waals surface area contributed by atoms with E-state index in [-0.39, 0.29) is 0 Å². The fourth-order valence-electron chi connectivity index (χ4n) is 7.57. The standard InChI is InChI=1S/C48H32/c1-3-16-33(17-4-1)36-22-13-23-37(32-36)39-29-15-31-45(46(39)35-19-5-2-6-20-35)48-43-27-11-9-25-41(43)47(42-26-10-12-28-44(42)48)40-30-14-21-34-18-7-8-24-38(34)40/h1-32H. The van der Waals surface area contributed by atoms with Gasteiger partial charge in [-0.25, -0.2) is 0 Å². The van der Waals surface area contributed by atoms with Crippen LogP contribution in [0.1, 0.15) is 0 Å². The fraction of sp³-hybridized carbons (Fsp3) is 0. The minimum atomic E-state index is 1.21. The Balaban J connectivity index is 1.38. The highest BCUT2D eigenvalue weighted by Gasteiger charge is 2.21. The average Bonchev–Trinajstić information content (AvgIpc) is 3.17. The number of hydrogen-bond donors (Lipinski definition) is 0. The van der Waals surface area contributed by atoms with E-state index in [0.717, 1.165) is 0 Å². The van der Waals surface area contributed by atoms with Crippen LogP contribution in [-0.4, -0.2) is 0 Å². The van der Waals surface area contributed by atoms with E-state index in [1.165, 1.54) is 88.0 Å². The zero-order valence-electron chi connectivity index (χ0n) is 26.5. The predicted octanol–water partition coefficient (Wildman–Crippen LogP) is 13.5. The molecule has 0 saturated heterocycles. The summed E-state index contributed by atoms with van der Waals surface area (Å²) >= 11 is 0. The molecular formula is C48H32. The highest BCUT2D eigenvalue weighted by molar-refractivity contribution is 6.24. The van der Waals surface area contributed by atoms with Crippen molar-refractivity contribution in [1.82, 2.24) is 0 Å². The molecule has 9 rings (SSSR count). The van der Waals surface area contributed by atoms with Crippen molar-refractivity contribution >= 4 is 32.3 Å². The molecule has 9 aromatic rings. The van der Waals surface area contributed by atoms with Gasteiger partial charge in [0.2, 0.25) is 0 Å². The average molecular weight is 609 g/mol. The normalized spacial score (nSPS) is 11.3. The van der Waals surface area contributed by atoms with Crippen molar-refractivity contribution in [1.29, 1.82) is 0 Å². The minimum absolute atomic E-state index is 1.21. The first-order valence-corrected chi connectivity index (χ1v) is 16.6. The smallest absolute Gasteiger partial charge is 0.00199 e. The van der Waals surface area contributed by atoms with Gasteiger partial charge in [-0.2, -0.15) is 0 Å². The number of hydrogen-bond acceptors (Lipinski definition) is 0. The molecule has 0 atom stereocenters. The Hall–Kier alpha value is -6.24. The second-order valence-electron chi connectivity index (χ2n) is 12.4. The minimum Gasteiger partial charge on any atom is -0.0622 e. The van der Waals surface area contributed by atoms with Crippen molar-refractivity contribution in [3.05, 3.63) is 194 Å². The van der Waals surface area contributed by atoms with E-state index in [9.17, 15) is 0 Å². The van der Waals surface area contributed by atoms with E-state index in [1.54, 1.807) is 0 Å². The third-order valence-electron chi connectivity index (χ3n) is 9.67. The van der Waals surface area contributed by atoms with Crippen LogP contribution in [0, 0.1) is 0 Å². The Morgan fingerprint density at radius 2 is 0.625 bits per heavy atom. The Morgan fingerprint density at radius 3 is 1.29 bits per heavy atom. The molecule has 0 nitrogen and oxygen atoms in total. The van der Waals surface area contributed by atoms with E-state index >= 15 is 0 Å². The van der Waals surface area contributed by atoms with Crippen LogP contribution in [-0.2, 0) is 0 Å². The molecule has 0 aromatic heterocycles. The second kappa shape index (κ2) is 11.8. The van der Waals surface area contributed by atoms with Crippen molar-refractivity contribution < 1.29 is 0 Å². The van der Waals surface area contributed by atoms with Gasteiger partial charge in [0.15, 0.2) is 0 Å². The molecular weight excluding hydrogens is 577 g/mol. The first-order valence-electron chi connectivity index (χ1n) is 16.6. The first-order chi connectivity index (χ1) is 23.8. The lowest BCUT2D eigenvalue weighted by Crippen LogP contribution is -1.95. The molecule has 0 saturated carbocycles. The van der Waals surface area contributed by atoms with Crippen molar-refractivity contribution in [2.45, 2.75) is 0 Å². The van der Waals surface area contributed by atoms with Crippen LogP contribution >= 0.6 is 0 Å². The number of benzene rings is 9. The topological polar surface area (TPSA) is 0 Å². The molecule has 0 N–H and O–H groups in total. The maximum atomic E-state index is 2.33. The zero-order chi connectivity index (χ0) is 31.9. The van der Waals surface area contributed by atoms with Crippen LogP contribution < -0.4 is 0 Å². The van der Waals surface area contributed by atoms with Gasteiger partial charge in [-0.15, -0.1) is 0 Å². The van der Waals surface area contributed by atoms with Gasteiger partial charge in [0.1, 0.15) is 0 Å². The third-order valence-corrected chi connectivity index (χ3v) is 9.67. The lowest BCUT2D eigenvalue weighted by Gasteiger charge is -2.22. The van der Waals surface area contributed by atoms with Crippen LogP contribution in [0.25, 0.3) is 88.0 Å². The van der Waals surface area contributed by atoms with E-state index in [1.807, 2.05) is 0 Å². The fourth-order valence-corrected chi connectivity index (χ4v) is 7.57. The highest BCUT2D eigenvalue weighted by Crippen LogP contribution is 2.49. The molecule has 0 aliphatic rings. The second-order valence-corrected chi connectivity index (χ2v) is 12.4. The Bertz CT molecular complexity index is 2530. The van der Waals surface area contributed by atoms with E-state index < -0.39 is 0 Å². The van der Waals surface area contributed by atoms with Crippen molar-refractivity contribution in [2.24, 2.45) is 0 Å². The Morgan fingerprint density at radius 1 is 0.208 bits per heavy atom. The van der Waals surface area contributed by atoms with Gasteiger partial charge >= 0.3 is 0 Å². The molecule has 0 heteroatoms. The molecule has 0 fully saturated rings. The lowest BCUT2D eigenvalue weighted by molar-refractivity contribution is 1.56. The Labute approximate surface area is 281 Å². The predicted molar refractivity (Wildman–Crippen MR) is 206 cm³/mol. The van der Waals surface area contributed by atoms with Gasteiger partial charge in [-0.1, -0.05) is 188 Å². The van der Waals surface area contributed by atoms with Crippen LogP contribution in [0.3, 0.4) is 0 Å². The summed E-state index contributed by atoms with van der Waals surface area (Å²) in [6.07, 6.45) is 0. The highest BCUT2D eigenvalue weighted by atomic mass is 14.2. The summed E-state index contributed by atoms with van der Waals surface area (Å²) in [4.78, 5) is 0. The van der Waals surface area contributed by atoms with Crippen molar-refractivity contribution in [2.75, 3.05) is 0 Å². The van der Waals surface area contributed by atoms with E-state index in [4.69, 9.17) is 0 Å². The quantitative estimate of drug-likeness (QED) is 0.171. The monoisotopic (exact) mass is 608 g/mol. The molecule has 0 bridgehead atoms. The first kappa shape index (κ1) is 28.0. The van der Waals surface area contributed by atoms with Gasteiger partial charge in [0, 0.05) is 0 Å². The van der Waals surface area contributed by atoms with Crippen molar-refractivity contribution in [3.8, 4) is 55.6 Å². The van der Waals surface area contributed by atoms with E-state index in [0.29, 0.717) is 0 Å². The molecule has 0 spiro atoms. The van der Waals surface area contributed by atoms with Crippen LogP contribution in [0.2, 0.25) is 0 Å². The number of fused-ring (bicyclic) bond motifs is 3. The third kappa shape index (κ3) is 4.70. The van der Waals surface area contributed by atoms with Gasteiger partial charge in [0.05, 0.1) is 0 Å². The molecule has 9 aromatic carbocycles. The summed E-state index contributed by atoms with van der Waals surface area (Å²) in [6.45, 7) is 0. The summed E-state index contributed by atoms with van der Waals surface area (Å²) in [5.74, 6) is 0. The largest absolute Gasteiger partial charge is 0.0622 e. The maximum absolute atomic E-state index is 2.33. The molecule has 48 heavy (non-hydrogen) atoms. The summed E-state index contributed by atoms with van der Waals surface area (Å²) in [5.41, 5.74) is 12.4. The SMILES string of the molecule is c1ccc(-c2cccc(-c3cccc(-c4c5ccccc5c(-c5cccc6ccccc56)c5ccccc45)c3-c3ccccc3)c2)cc1.